The molecule has 1 aromatic carbocycles. The summed E-state index contributed by atoms with van der Waals surface area (Å²) in [6.45, 7) is 0. The molecule has 2 amide bonds. The van der Waals surface area contributed by atoms with Gasteiger partial charge in [-0.05, 0) is 18.2 Å². The van der Waals surface area contributed by atoms with Crippen molar-refractivity contribution in [3.63, 3.8) is 0 Å². The van der Waals surface area contributed by atoms with Gasteiger partial charge in [-0.3, -0.25) is 5.43 Å². The van der Waals surface area contributed by atoms with E-state index in [4.69, 9.17) is 29.0 Å². The van der Waals surface area contributed by atoms with Gasteiger partial charge in [0.25, 0.3) is 0 Å². The summed E-state index contributed by atoms with van der Waals surface area (Å²) in [5.41, 5.74) is 2.45. The Morgan fingerprint density at radius 3 is 2.43 bits per heavy atom. The fourth-order valence-electron chi connectivity index (χ4n) is 0.741. The highest BCUT2D eigenvalue weighted by Crippen LogP contribution is 2.24. The van der Waals surface area contributed by atoms with Gasteiger partial charge in [0.05, 0.1) is 10.0 Å². The fraction of sp³-hybridized carbons (Fsp3) is 0. The zero-order chi connectivity index (χ0) is 9.84. The third-order valence-electron chi connectivity index (χ3n) is 1.31. The van der Waals surface area contributed by atoms with E-state index in [-0.39, 0.29) is 12.4 Å². The van der Waals surface area contributed by atoms with Crippen molar-refractivity contribution in [2.45, 2.75) is 0 Å². The lowest BCUT2D eigenvalue weighted by Gasteiger charge is -2.04. The minimum Gasteiger partial charge on any atom is -0.307 e. The molecule has 0 saturated carbocycles. The zero-order valence-electron chi connectivity index (χ0n) is 6.88. The molecule has 7 heteroatoms. The Kier molecular flexibility index (Phi) is 5.64. The van der Waals surface area contributed by atoms with Gasteiger partial charge < -0.3 is 5.32 Å². The predicted octanol–water partition coefficient (Wildman–Crippen LogP) is 2.41. The van der Waals surface area contributed by atoms with E-state index in [9.17, 15) is 4.79 Å². The maximum atomic E-state index is 10.8. The maximum absolute atomic E-state index is 10.8. The van der Waals surface area contributed by atoms with Gasteiger partial charge in [-0.15, -0.1) is 12.4 Å². The minimum atomic E-state index is -0.515. The molecule has 0 heterocycles. The standard InChI is InChI=1S/C7H7Cl2N3O.ClH/c8-5-2-1-4(3-6(5)9)11-7(13)12-10;/h1-3H,10H2,(H2,11,12,13);1H. The largest absolute Gasteiger partial charge is 0.333 e. The van der Waals surface area contributed by atoms with Crippen molar-refractivity contribution in [1.29, 1.82) is 0 Å². The molecule has 0 aromatic heterocycles. The molecule has 1 aromatic rings. The van der Waals surface area contributed by atoms with Crippen LogP contribution >= 0.6 is 35.6 Å². The Morgan fingerprint density at radius 2 is 1.93 bits per heavy atom. The van der Waals surface area contributed by atoms with Crippen molar-refractivity contribution >= 4 is 47.3 Å². The second kappa shape index (κ2) is 5.93. The smallest absolute Gasteiger partial charge is 0.307 e. The number of hydrazine groups is 1. The summed E-state index contributed by atoms with van der Waals surface area (Å²) in [6.07, 6.45) is 0. The highest BCUT2D eigenvalue weighted by Gasteiger charge is 2.01. The monoisotopic (exact) mass is 255 g/mol. The van der Waals surface area contributed by atoms with Crippen LogP contribution in [0.2, 0.25) is 10.0 Å². The van der Waals surface area contributed by atoms with Crippen molar-refractivity contribution in [2.24, 2.45) is 5.84 Å². The van der Waals surface area contributed by atoms with Crippen LogP contribution in [0.25, 0.3) is 0 Å². The number of amides is 2. The van der Waals surface area contributed by atoms with Crippen LogP contribution < -0.4 is 16.6 Å². The van der Waals surface area contributed by atoms with E-state index >= 15 is 0 Å². The van der Waals surface area contributed by atoms with Crippen molar-refractivity contribution < 1.29 is 4.79 Å². The van der Waals surface area contributed by atoms with Crippen molar-refractivity contribution in [1.82, 2.24) is 5.43 Å². The lowest BCUT2D eigenvalue weighted by atomic mass is 10.3. The lowest BCUT2D eigenvalue weighted by Crippen LogP contribution is -2.34. The van der Waals surface area contributed by atoms with E-state index in [0.717, 1.165) is 0 Å². The minimum absolute atomic E-state index is 0. The SMILES string of the molecule is Cl.NNC(=O)Nc1ccc(Cl)c(Cl)c1. The second-order valence-electron chi connectivity index (χ2n) is 2.23. The number of nitrogens with one attached hydrogen (secondary N) is 2. The van der Waals surface area contributed by atoms with E-state index in [1.165, 1.54) is 6.07 Å². The van der Waals surface area contributed by atoms with Gasteiger partial charge >= 0.3 is 6.03 Å². The van der Waals surface area contributed by atoms with Gasteiger partial charge in [0.2, 0.25) is 0 Å². The van der Waals surface area contributed by atoms with Gasteiger partial charge in [0, 0.05) is 5.69 Å². The number of hydrogen-bond acceptors (Lipinski definition) is 2. The second-order valence-corrected chi connectivity index (χ2v) is 3.04. The molecule has 0 atom stereocenters. The molecule has 78 valence electrons. The summed E-state index contributed by atoms with van der Waals surface area (Å²) in [6, 6.07) is 4.21. The number of carbonyl (C=O) groups is 1. The molecule has 0 aliphatic heterocycles. The summed E-state index contributed by atoms with van der Waals surface area (Å²) in [5, 5.41) is 3.24. The van der Waals surface area contributed by atoms with E-state index in [0.29, 0.717) is 15.7 Å². The maximum Gasteiger partial charge on any atom is 0.333 e. The number of halogens is 3. The number of anilines is 1. The van der Waals surface area contributed by atoms with Crippen LogP contribution in [0.15, 0.2) is 18.2 Å². The molecule has 0 bridgehead atoms. The van der Waals surface area contributed by atoms with E-state index < -0.39 is 6.03 Å². The molecular weight excluding hydrogens is 248 g/mol. The third kappa shape index (κ3) is 3.59. The average molecular weight is 257 g/mol. The molecule has 0 saturated heterocycles. The number of rotatable bonds is 1. The first-order valence-electron chi connectivity index (χ1n) is 3.36. The van der Waals surface area contributed by atoms with Gasteiger partial charge in [-0.1, -0.05) is 23.2 Å². The molecular formula is C7H8Cl3N3O. The molecule has 0 aliphatic rings. The van der Waals surface area contributed by atoms with Crippen molar-refractivity contribution in [2.75, 3.05) is 5.32 Å². The zero-order valence-corrected chi connectivity index (χ0v) is 9.21. The Balaban J connectivity index is 0.00000169. The number of carbonyl (C=O) groups excluding carboxylic acids is 1. The Morgan fingerprint density at radius 1 is 1.29 bits per heavy atom. The summed E-state index contributed by atoms with van der Waals surface area (Å²) in [7, 11) is 0. The van der Waals surface area contributed by atoms with E-state index in [1.807, 2.05) is 5.43 Å². The Hall–Kier alpha value is -0.680. The van der Waals surface area contributed by atoms with Crippen LogP contribution in [0.1, 0.15) is 0 Å². The summed E-state index contributed by atoms with van der Waals surface area (Å²) in [5.74, 6) is 4.87. The predicted molar refractivity (Wildman–Crippen MR) is 60.1 cm³/mol. The molecule has 0 unspecified atom stereocenters. The van der Waals surface area contributed by atoms with Crippen LogP contribution in [-0.2, 0) is 0 Å². The summed E-state index contributed by atoms with van der Waals surface area (Å²) in [4.78, 5) is 10.8. The van der Waals surface area contributed by atoms with Crippen molar-refractivity contribution in [3.05, 3.63) is 28.2 Å². The first kappa shape index (κ1) is 13.3. The van der Waals surface area contributed by atoms with Crippen LogP contribution in [0.5, 0.6) is 0 Å². The average Bonchev–Trinajstić information content (AvgIpc) is 2.11. The van der Waals surface area contributed by atoms with Gasteiger partial charge in [-0.25, -0.2) is 10.6 Å². The van der Waals surface area contributed by atoms with Gasteiger partial charge in [0.1, 0.15) is 0 Å². The van der Waals surface area contributed by atoms with Crippen LogP contribution in [0.3, 0.4) is 0 Å². The molecule has 4 N–H and O–H groups in total. The third-order valence-corrected chi connectivity index (χ3v) is 2.05. The van der Waals surface area contributed by atoms with Gasteiger partial charge in [-0.2, -0.15) is 0 Å². The number of hydrogen-bond donors (Lipinski definition) is 3. The normalized spacial score (nSPS) is 8.79. The molecule has 0 fully saturated rings. The molecule has 1 rings (SSSR count). The quantitative estimate of drug-likeness (QED) is 0.410. The molecule has 0 radical (unpaired) electrons. The van der Waals surface area contributed by atoms with Crippen molar-refractivity contribution in [3.8, 4) is 0 Å². The number of benzene rings is 1. The van der Waals surface area contributed by atoms with Gasteiger partial charge in [0.15, 0.2) is 0 Å². The lowest BCUT2D eigenvalue weighted by molar-refractivity contribution is 0.252. The van der Waals surface area contributed by atoms with Crippen LogP contribution in [-0.4, -0.2) is 6.03 Å². The first-order chi connectivity index (χ1) is 6.13. The Bertz CT molecular complexity index is 332. The van der Waals surface area contributed by atoms with Crippen LogP contribution in [0.4, 0.5) is 10.5 Å². The molecule has 14 heavy (non-hydrogen) atoms. The summed E-state index contributed by atoms with van der Waals surface area (Å²) >= 11 is 11.4. The molecule has 0 aliphatic carbocycles. The highest BCUT2D eigenvalue weighted by atomic mass is 35.5. The fourth-order valence-corrected chi connectivity index (χ4v) is 1.04. The number of nitrogens with two attached hydrogens (primary N) is 1. The van der Waals surface area contributed by atoms with E-state index in [1.54, 1.807) is 12.1 Å². The molecule has 4 nitrogen and oxygen atoms in total. The Labute approximate surface area is 97.1 Å². The topological polar surface area (TPSA) is 67.1 Å². The first-order valence-corrected chi connectivity index (χ1v) is 4.11. The van der Waals surface area contributed by atoms with E-state index in [2.05, 4.69) is 5.32 Å². The summed E-state index contributed by atoms with van der Waals surface area (Å²) < 4.78 is 0. The number of urea groups is 1. The highest BCUT2D eigenvalue weighted by molar-refractivity contribution is 6.42. The van der Waals surface area contributed by atoms with Crippen LogP contribution in [0, 0.1) is 0 Å². The molecule has 0 spiro atoms.